The van der Waals surface area contributed by atoms with E-state index in [-0.39, 0.29) is 17.8 Å². The van der Waals surface area contributed by atoms with Crippen molar-refractivity contribution in [3.8, 4) is 0 Å². The number of carbonyl (C=O) groups excluding carboxylic acids is 1. The molecule has 1 aliphatic rings. The van der Waals surface area contributed by atoms with Gasteiger partial charge in [-0.05, 0) is 41.8 Å². The lowest BCUT2D eigenvalue weighted by atomic mass is 10.0. The molecule has 1 unspecified atom stereocenters. The van der Waals surface area contributed by atoms with Crippen LogP contribution in [-0.2, 0) is 11.2 Å². The van der Waals surface area contributed by atoms with Gasteiger partial charge in [-0.2, -0.15) is 0 Å². The van der Waals surface area contributed by atoms with E-state index in [1.54, 1.807) is 6.07 Å². The molecular formula is C19H20BrFN2O. The molecule has 0 saturated carbocycles. The van der Waals surface area contributed by atoms with Crippen molar-refractivity contribution in [1.82, 2.24) is 10.2 Å². The summed E-state index contributed by atoms with van der Waals surface area (Å²) in [6, 6.07) is 14.5. The minimum atomic E-state index is -0.264. The molecule has 2 aromatic carbocycles. The number of aryl methyl sites for hydroxylation is 1. The van der Waals surface area contributed by atoms with Crippen molar-refractivity contribution in [3.63, 3.8) is 0 Å². The van der Waals surface area contributed by atoms with Crippen LogP contribution in [0.15, 0.2) is 53.0 Å². The summed E-state index contributed by atoms with van der Waals surface area (Å²) in [5.74, 6) is -0.144. The van der Waals surface area contributed by atoms with E-state index in [0.717, 1.165) is 22.1 Å². The quantitative estimate of drug-likeness (QED) is 0.862. The second kappa shape index (κ2) is 7.90. The monoisotopic (exact) mass is 390 g/mol. The predicted octanol–water partition coefficient (Wildman–Crippen LogP) is 3.69. The largest absolute Gasteiger partial charge is 0.333 e. The SMILES string of the molecule is O=C(CCc1ccc(Br)cc1)N1CCNCC1c1cccc(F)c1. The highest BCUT2D eigenvalue weighted by atomic mass is 79.9. The van der Waals surface area contributed by atoms with Crippen molar-refractivity contribution in [1.29, 1.82) is 0 Å². The molecule has 1 fully saturated rings. The summed E-state index contributed by atoms with van der Waals surface area (Å²) >= 11 is 3.41. The Bertz CT molecular complexity index is 705. The molecule has 2 aromatic rings. The zero-order chi connectivity index (χ0) is 16.9. The summed E-state index contributed by atoms with van der Waals surface area (Å²) in [5.41, 5.74) is 1.99. The number of hydrogen-bond donors (Lipinski definition) is 1. The number of piperazine rings is 1. The van der Waals surface area contributed by atoms with E-state index in [0.29, 0.717) is 25.9 Å². The first-order valence-corrected chi connectivity index (χ1v) is 8.93. The molecule has 126 valence electrons. The van der Waals surface area contributed by atoms with Crippen molar-refractivity contribution in [2.45, 2.75) is 18.9 Å². The fraction of sp³-hybridized carbons (Fsp3) is 0.316. The summed E-state index contributed by atoms with van der Waals surface area (Å²) in [7, 11) is 0. The van der Waals surface area contributed by atoms with Crippen LogP contribution in [0.2, 0.25) is 0 Å². The molecule has 1 N–H and O–H groups in total. The van der Waals surface area contributed by atoms with Crippen molar-refractivity contribution in [2.24, 2.45) is 0 Å². The number of nitrogens with zero attached hydrogens (tertiary/aromatic N) is 1. The van der Waals surface area contributed by atoms with E-state index in [1.165, 1.54) is 12.1 Å². The van der Waals surface area contributed by atoms with Gasteiger partial charge in [0.25, 0.3) is 0 Å². The lowest BCUT2D eigenvalue weighted by Crippen LogP contribution is -2.48. The first-order valence-electron chi connectivity index (χ1n) is 8.13. The van der Waals surface area contributed by atoms with Crippen molar-refractivity contribution in [2.75, 3.05) is 19.6 Å². The molecular weight excluding hydrogens is 371 g/mol. The first-order chi connectivity index (χ1) is 11.6. The molecule has 1 saturated heterocycles. The molecule has 0 aromatic heterocycles. The maximum atomic E-state index is 13.5. The van der Waals surface area contributed by atoms with Gasteiger partial charge in [0, 0.05) is 30.5 Å². The summed E-state index contributed by atoms with van der Waals surface area (Å²) in [6.45, 7) is 2.09. The summed E-state index contributed by atoms with van der Waals surface area (Å²) in [4.78, 5) is 14.6. The minimum absolute atomic E-state index is 0.105. The Morgan fingerprint density at radius 2 is 2.04 bits per heavy atom. The number of hydrogen-bond acceptors (Lipinski definition) is 2. The molecule has 0 spiro atoms. The molecule has 0 radical (unpaired) electrons. The van der Waals surface area contributed by atoms with E-state index in [9.17, 15) is 9.18 Å². The summed E-state index contributed by atoms with van der Waals surface area (Å²) < 4.78 is 14.6. The van der Waals surface area contributed by atoms with Gasteiger partial charge in [0.1, 0.15) is 5.82 Å². The van der Waals surface area contributed by atoms with Crippen LogP contribution in [0.1, 0.15) is 23.6 Å². The number of amides is 1. The molecule has 0 bridgehead atoms. The van der Waals surface area contributed by atoms with Gasteiger partial charge in [-0.3, -0.25) is 4.79 Å². The first kappa shape index (κ1) is 17.1. The van der Waals surface area contributed by atoms with E-state index < -0.39 is 0 Å². The van der Waals surface area contributed by atoms with Crippen LogP contribution in [0.5, 0.6) is 0 Å². The maximum Gasteiger partial charge on any atom is 0.223 e. The van der Waals surface area contributed by atoms with Crippen LogP contribution in [-0.4, -0.2) is 30.4 Å². The topological polar surface area (TPSA) is 32.3 Å². The van der Waals surface area contributed by atoms with Crippen molar-refractivity contribution < 1.29 is 9.18 Å². The molecule has 3 nitrogen and oxygen atoms in total. The molecule has 5 heteroatoms. The molecule has 1 amide bonds. The average molecular weight is 391 g/mol. The van der Waals surface area contributed by atoms with Gasteiger partial charge < -0.3 is 10.2 Å². The Hall–Kier alpha value is -1.72. The molecule has 0 aliphatic carbocycles. The fourth-order valence-corrected chi connectivity index (χ4v) is 3.32. The maximum absolute atomic E-state index is 13.5. The van der Waals surface area contributed by atoms with Crippen LogP contribution < -0.4 is 5.32 Å². The van der Waals surface area contributed by atoms with E-state index in [4.69, 9.17) is 0 Å². The van der Waals surface area contributed by atoms with Crippen LogP contribution in [0.3, 0.4) is 0 Å². The number of halogens is 2. The Morgan fingerprint density at radius 1 is 1.25 bits per heavy atom. The highest BCUT2D eigenvalue weighted by Crippen LogP contribution is 2.24. The zero-order valence-electron chi connectivity index (χ0n) is 13.3. The van der Waals surface area contributed by atoms with Crippen molar-refractivity contribution >= 4 is 21.8 Å². The van der Waals surface area contributed by atoms with Crippen LogP contribution in [0.25, 0.3) is 0 Å². The number of rotatable bonds is 4. The zero-order valence-corrected chi connectivity index (χ0v) is 14.9. The Labute approximate surface area is 150 Å². The van der Waals surface area contributed by atoms with Gasteiger partial charge in [0.2, 0.25) is 5.91 Å². The molecule has 24 heavy (non-hydrogen) atoms. The number of nitrogens with one attached hydrogen (secondary N) is 1. The van der Waals surface area contributed by atoms with E-state index >= 15 is 0 Å². The van der Waals surface area contributed by atoms with Gasteiger partial charge >= 0.3 is 0 Å². The third-order valence-corrected chi connectivity index (χ3v) is 4.87. The smallest absolute Gasteiger partial charge is 0.223 e. The summed E-state index contributed by atoms with van der Waals surface area (Å²) in [6.07, 6.45) is 1.18. The van der Waals surface area contributed by atoms with Crippen molar-refractivity contribution in [3.05, 3.63) is 69.9 Å². The standard InChI is InChI=1S/C19H20BrFN2O/c20-16-7-4-14(5-8-16)6-9-19(24)23-11-10-22-13-18(23)15-2-1-3-17(21)12-15/h1-5,7-8,12,18,22H,6,9-11,13H2. The van der Waals surface area contributed by atoms with Gasteiger partial charge in [-0.1, -0.05) is 40.2 Å². The van der Waals surface area contributed by atoms with E-state index in [2.05, 4.69) is 21.2 Å². The van der Waals surface area contributed by atoms with Crippen LogP contribution >= 0.6 is 15.9 Å². The van der Waals surface area contributed by atoms with Gasteiger partial charge in [-0.25, -0.2) is 4.39 Å². The van der Waals surface area contributed by atoms with E-state index in [1.807, 2.05) is 35.2 Å². The number of benzene rings is 2. The predicted molar refractivity (Wildman–Crippen MR) is 96.2 cm³/mol. The second-order valence-corrected chi connectivity index (χ2v) is 6.90. The number of carbonyl (C=O) groups is 1. The lowest BCUT2D eigenvalue weighted by Gasteiger charge is -2.36. The lowest BCUT2D eigenvalue weighted by molar-refractivity contribution is -0.134. The average Bonchev–Trinajstić information content (AvgIpc) is 2.61. The molecule has 1 aliphatic heterocycles. The third kappa shape index (κ3) is 4.22. The highest BCUT2D eigenvalue weighted by Gasteiger charge is 2.27. The second-order valence-electron chi connectivity index (χ2n) is 5.99. The Balaban J connectivity index is 1.68. The van der Waals surface area contributed by atoms with Gasteiger partial charge in [0.15, 0.2) is 0 Å². The summed E-state index contributed by atoms with van der Waals surface area (Å²) in [5, 5.41) is 3.30. The Morgan fingerprint density at radius 3 is 2.79 bits per heavy atom. The molecule has 1 atom stereocenters. The minimum Gasteiger partial charge on any atom is -0.333 e. The Kier molecular flexibility index (Phi) is 5.63. The van der Waals surface area contributed by atoms with Gasteiger partial charge in [-0.15, -0.1) is 0 Å². The van der Waals surface area contributed by atoms with Crippen LogP contribution in [0, 0.1) is 5.82 Å². The molecule has 1 heterocycles. The normalized spacial score (nSPS) is 17.8. The fourth-order valence-electron chi connectivity index (χ4n) is 3.06. The highest BCUT2D eigenvalue weighted by molar-refractivity contribution is 9.10. The van der Waals surface area contributed by atoms with Gasteiger partial charge in [0.05, 0.1) is 6.04 Å². The third-order valence-electron chi connectivity index (χ3n) is 4.34. The molecule has 3 rings (SSSR count). The van der Waals surface area contributed by atoms with Crippen LogP contribution in [0.4, 0.5) is 4.39 Å².